The number of carbonyl (C=O) groups is 2. The highest BCUT2D eigenvalue weighted by Crippen LogP contribution is 2.39. The molecule has 39 heavy (non-hydrogen) atoms. The third-order valence-electron chi connectivity index (χ3n) is 7.56. The lowest BCUT2D eigenvalue weighted by molar-refractivity contribution is -0.253. The van der Waals surface area contributed by atoms with Gasteiger partial charge in [-0.15, -0.1) is 11.3 Å². The number of Topliss-reactive ketones (excluding diaryl/α,β-unsaturated/α-hetero) is 1. The van der Waals surface area contributed by atoms with E-state index in [1.165, 1.54) is 23.3 Å². The smallest absolute Gasteiger partial charge is 0.331 e. The van der Waals surface area contributed by atoms with Gasteiger partial charge in [0.15, 0.2) is 0 Å². The molecule has 5 rings (SSSR count). The van der Waals surface area contributed by atoms with Crippen LogP contribution in [0.4, 0.5) is 4.39 Å². The summed E-state index contributed by atoms with van der Waals surface area (Å²) in [5, 5.41) is 1.68. The lowest BCUT2D eigenvalue weighted by Gasteiger charge is -2.38. The molecule has 2 aromatic carbocycles. The Bertz CT molecular complexity index is 1370. The minimum absolute atomic E-state index is 0.235. The fraction of sp³-hybridized carbons (Fsp3) is 0.464. The summed E-state index contributed by atoms with van der Waals surface area (Å²) < 4.78 is 28.3. The molecule has 3 aromatic rings. The van der Waals surface area contributed by atoms with Gasteiger partial charge in [-0.05, 0) is 68.4 Å². The van der Waals surface area contributed by atoms with Gasteiger partial charge in [0.25, 0.3) is 0 Å². The quantitative estimate of drug-likeness (QED) is 0.241. The van der Waals surface area contributed by atoms with Crippen LogP contribution in [-0.4, -0.2) is 53.9 Å². The number of nitrogens with two attached hydrogens (primary N) is 1. The maximum absolute atomic E-state index is 16.7. The normalized spacial score (nSPS) is 22.5. The molecule has 1 saturated carbocycles. The number of esters is 1. The number of fused-ring (bicyclic) bond motifs is 1. The number of methoxy groups -OCH3 is 1. The predicted octanol–water partition coefficient (Wildman–Crippen LogP) is 6.31. The van der Waals surface area contributed by atoms with Crippen LogP contribution in [0.25, 0.3) is 20.8 Å². The lowest BCUT2D eigenvalue weighted by Crippen LogP contribution is -2.56. The Labute approximate surface area is 240 Å². The van der Waals surface area contributed by atoms with Gasteiger partial charge >= 0.3 is 11.9 Å². The third kappa shape index (κ3) is 5.85. The lowest BCUT2D eigenvalue weighted by atomic mass is 9.87. The molecule has 0 amide bonds. The number of nitrogens with zero attached hydrogens (tertiary/aromatic N) is 2. The molecule has 2 fully saturated rings. The maximum Gasteiger partial charge on any atom is 0.331 e. The number of halogens is 3. The highest BCUT2D eigenvalue weighted by Gasteiger charge is 2.51. The Morgan fingerprint density at radius 2 is 1.85 bits per heavy atom. The fourth-order valence-electron chi connectivity index (χ4n) is 5.35. The molecule has 1 aliphatic heterocycles. The molecule has 7 nitrogen and oxygen atoms in total. The number of likely N-dealkylation sites (tertiary alicyclic amines) is 1. The van der Waals surface area contributed by atoms with Gasteiger partial charge in [-0.25, -0.2) is 9.88 Å². The van der Waals surface area contributed by atoms with Gasteiger partial charge in [-0.2, -0.15) is 4.39 Å². The Morgan fingerprint density at radius 3 is 2.51 bits per heavy atom. The van der Waals surface area contributed by atoms with Crippen LogP contribution in [0.15, 0.2) is 36.4 Å². The number of thiazole rings is 1. The average Bonchev–Trinajstić information content (AvgIpc) is 3.62. The average molecular weight is 595 g/mol. The highest BCUT2D eigenvalue weighted by molar-refractivity contribution is 7.21. The van der Waals surface area contributed by atoms with Gasteiger partial charge in [0.2, 0.25) is 5.78 Å². The van der Waals surface area contributed by atoms with E-state index in [4.69, 9.17) is 38.4 Å². The third-order valence-corrected chi connectivity index (χ3v) is 9.16. The van der Waals surface area contributed by atoms with Crippen molar-refractivity contribution in [3.05, 3.63) is 52.0 Å². The van der Waals surface area contributed by atoms with Crippen molar-refractivity contribution in [3.8, 4) is 10.6 Å². The topological polar surface area (TPSA) is 94.8 Å². The maximum atomic E-state index is 16.7. The van der Waals surface area contributed by atoms with Crippen LogP contribution in [0, 0.1) is 5.92 Å². The largest absolute Gasteiger partial charge is 0.469 e. The Morgan fingerprint density at radius 1 is 1.13 bits per heavy atom. The summed E-state index contributed by atoms with van der Waals surface area (Å²) >= 11 is 14.2. The van der Waals surface area contributed by atoms with E-state index in [1.54, 1.807) is 24.3 Å². The van der Waals surface area contributed by atoms with Gasteiger partial charge in [-0.3, -0.25) is 9.59 Å². The van der Waals surface area contributed by atoms with Crippen molar-refractivity contribution in [1.29, 1.82) is 0 Å². The van der Waals surface area contributed by atoms with Gasteiger partial charge in [-0.1, -0.05) is 35.3 Å². The number of aromatic nitrogens is 1. The van der Waals surface area contributed by atoms with Gasteiger partial charge in [0, 0.05) is 23.7 Å². The van der Waals surface area contributed by atoms with Gasteiger partial charge in [0.05, 0.1) is 40.4 Å². The zero-order valence-corrected chi connectivity index (χ0v) is 23.8. The van der Waals surface area contributed by atoms with Crippen molar-refractivity contribution < 1.29 is 23.5 Å². The molecule has 208 valence electrons. The van der Waals surface area contributed by atoms with Crippen LogP contribution in [-0.2, 0) is 19.1 Å². The summed E-state index contributed by atoms with van der Waals surface area (Å²) in [5.74, 6) is -4.04. The minimum atomic E-state index is -2.67. The van der Waals surface area contributed by atoms with E-state index in [9.17, 15) is 9.59 Å². The fourth-order valence-corrected chi connectivity index (χ4v) is 6.97. The number of carbonyl (C=O) groups excluding carboxylic acids is 2. The Balaban J connectivity index is 1.35. The van der Waals surface area contributed by atoms with Crippen molar-refractivity contribution >= 4 is 56.5 Å². The second-order valence-corrected chi connectivity index (χ2v) is 12.0. The van der Waals surface area contributed by atoms with Crippen molar-refractivity contribution in [2.24, 2.45) is 11.7 Å². The van der Waals surface area contributed by atoms with E-state index >= 15 is 4.39 Å². The number of hydrogen-bond donors (Lipinski definition) is 1. The molecular formula is C28H30Cl2FN3O4S. The molecule has 0 radical (unpaired) electrons. The van der Waals surface area contributed by atoms with E-state index in [-0.39, 0.29) is 11.9 Å². The summed E-state index contributed by atoms with van der Waals surface area (Å²) in [6.45, 7) is 0.793. The summed E-state index contributed by atoms with van der Waals surface area (Å²) in [6, 6.07) is 9.18. The second-order valence-electron chi connectivity index (χ2n) is 10.1. The van der Waals surface area contributed by atoms with E-state index in [0.29, 0.717) is 65.0 Å². The summed E-state index contributed by atoms with van der Waals surface area (Å²) in [5.41, 5.74) is 8.24. The first-order valence-corrected chi connectivity index (χ1v) is 14.6. The van der Waals surface area contributed by atoms with Crippen LogP contribution in [0.5, 0.6) is 0 Å². The van der Waals surface area contributed by atoms with Crippen LogP contribution in [0.1, 0.15) is 50.1 Å². The van der Waals surface area contributed by atoms with Crippen LogP contribution in [0.2, 0.25) is 10.0 Å². The van der Waals surface area contributed by atoms with Crippen LogP contribution in [0.3, 0.4) is 0 Å². The molecule has 2 atom stereocenters. The number of rotatable bonds is 8. The first-order valence-electron chi connectivity index (χ1n) is 13.0. The molecule has 1 saturated heterocycles. The standard InChI is InChI=1S/C28H30Cl2FN3O4S/c1-37-27(36)16-4-8-19(9-5-16)38-28(31,34-12-2-3-13-34)25(35)24(32)17-6-10-20(21(30)14-17)26-33-22-11-7-18(29)15-23(22)39-26/h6-7,10-11,14-16,19,24H,2-5,8-9,12-13,32H2,1H3. The molecule has 11 heteroatoms. The van der Waals surface area contributed by atoms with E-state index in [2.05, 4.69) is 4.98 Å². The second kappa shape index (κ2) is 11.8. The summed E-state index contributed by atoms with van der Waals surface area (Å²) in [7, 11) is 1.36. The molecule has 0 bridgehead atoms. The Hall–Kier alpha value is -2.14. The van der Waals surface area contributed by atoms with Crippen LogP contribution < -0.4 is 5.73 Å². The SMILES string of the molecule is COC(=O)C1CCC(OC(F)(C(=O)C(N)c2ccc(-c3nc4ccc(Cl)cc4s3)c(Cl)c2)N2CCCC2)CC1. The zero-order valence-electron chi connectivity index (χ0n) is 21.5. The van der Waals surface area contributed by atoms with E-state index < -0.39 is 23.9 Å². The summed E-state index contributed by atoms with van der Waals surface area (Å²) in [4.78, 5) is 31.6. The number of hydrogen-bond acceptors (Lipinski definition) is 8. The first-order chi connectivity index (χ1) is 18.7. The number of alkyl halides is 1. The molecule has 1 aliphatic carbocycles. The van der Waals surface area contributed by atoms with Crippen molar-refractivity contribution in [2.75, 3.05) is 20.2 Å². The predicted molar refractivity (Wildman–Crippen MR) is 151 cm³/mol. The monoisotopic (exact) mass is 593 g/mol. The zero-order chi connectivity index (χ0) is 27.7. The van der Waals surface area contributed by atoms with Crippen molar-refractivity contribution in [2.45, 2.75) is 56.6 Å². The van der Waals surface area contributed by atoms with E-state index in [1.807, 2.05) is 12.1 Å². The molecule has 2 unspecified atom stereocenters. The molecule has 0 spiro atoms. The molecule has 1 aromatic heterocycles. The van der Waals surface area contributed by atoms with Gasteiger partial charge in [0.1, 0.15) is 5.01 Å². The number of benzene rings is 2. The molecule has 2 N–H and O–H groups in total. The van der Waals surface area contributed by atoms with E-state index in [0.717, 1.165) is 23.1 Å². The van der Waals surface area contributed by atoms with Crippen LogP contribution >= 0.6 is 34.5 Å². The molecule has 2 aliphatic rings. The first kappa shape index (κ1) is 28.4. The molecule has 2 heterocycles. The summed E-state index contributed by atoms with van der Waals surface area (Å²) in [6.07, 6.45) is 2.96. The highest BCUT2D eigenvalue weighted by atomic mass is 35.5. The van der Waals surface area contributed by atoms with Gasteiger partial charge < -0.3 is 15.2 Å². The Kier molecular flexibility index (Phi) is 8.56. The van der Waals surface area contributed by atoms with Crippen molar-refractivity contribution in [3.63, 3.8) is 0 Å². The number of ketones is 1. The molecular weight excluding hydrogens is 564 g/mol. The number of ether oxygens (including phenoxy) is 2. The van der Waals surface area contributed by atoms with Crippen molar-refractivity contribution in [1.82, 2.24) is 9.88 Å². The minimum Gasteiger partial charge on any atom is -0.469 e.